The summed E-state index contributed by atoms with van der Waals surface area (Å²) in [7, 11) is -3.68. The number of nitrogens with zero attached hydrogens (tertiary/aromatic N) is 2. The number of rotatable bonds is 4. The van der Waals surface area contributed by atoms with E-state index in [-0.39, 0.29) is 10.9 Å². The minimum Gasteiger partial charge on any atom is -0.363 e. The van der Waals surface area contributed by atoms with E-state index in [1.807, 2.05) is 6.92 Å². The van der Waals surface area contributed by atoms with E-state index >= 15 is 0 Å². The van der Waals surface area contributed by atoms with Crippen LogP contribution in [0.2, 0.25) is 0 Å². The lowest BCUT2D eigenvalue weighted by Crippen LogP contribution is -2.13. The monoisotopic (exact) mass is 402 g/mol. The van der Waals surface area contributed by atoms with Gasteiger partial charge in [0.15, 0.2) is 0 Å². The summed E-state index contributed by atoms with van der Waals surface area (Å²) in [4.78, 5) is 11.5. The lowest BCUT2D eigenvalue weighted by molar-refractivity contribution is 0.509. The molecule has 6 nitrogen and oxygen atoms in total. The van der Waals surface area contributed by atoms with Crippen LogP contribution in [-0.2, 0) is 22.9 Å². The Morgan fingerprint density at radius 3 is 2.70 bits per heavy atom. The van der Waals surface area contributed by atoms with Gasteiger partial charge in [-0.1, -0.05) is 19.1 Å². The zero-order valence-electron chi connectivity index (χ0n) is 15.3. The number of nitrogens with two attached hydrogens (primary N) is 1. The Morgan fingerprint density at radius 2 is 2.00 bits per heavy atom. The number of fused-ring (bicyclic) bond motifs is 3. The molecule has 3 aromatic rings. The zero-order chi connectivity index (χ0) is 19.2. The summed E-state index contributed by atoms with van der Waals surface area (Å²) >= 11 is 1.77. The Hall–Kier alpha value is -2.03. The maximum Gasteiger partial charge on any atom is 0.238 e. The first-order valence-corrected chi connectivity index (χ1v) is 11.3. The summed E-state index contributed by atoms with van der Waals surface area (Å²) < 4.78 is 22.9. The van der Waals surface area contributed by atoms with Gasteiger partial charge in [-0.25, -0.2) is 23.5 Å². The summed E-state index contributed by atoms with van der Waals surface area (Å²) in [5.74, 6) is 1.56. The van der Waals surface area contributed by atoms with Crippen LogP contribution >= 0.6 is 11.3 Å². The molecule has 1 aromatic carbocycles. The van der Waals surface area contributed by atoms with Gasteiger partial charge in [0.05, 0.1) is 10.3 Å². The molecule has 2 atom stereocenters. The van der Waals surface area contributed by atoms with Crippen molar-refractivity contribution >= 4 is 37.4 Å². The average Bonchev–Trinajstić information content (AvgIpc) is 2.99. The number of aryl methyl sites for hydroxylation is 1. The maximum absolute atomic E-state index is 11.4. The van der Waals surface area contributed by atoms with Gasteiger partial charge in [-0.05, 0) is 55.4 Å². The fourth-order valence-corrected chi connectivity index (χ4v) is 5.48. The minimum absolute atomic E-state index is 0.0318. The Balaban J connectivity index is 1.65. The number of hydrogen-bond acceptors (Lipinski definition) is 6. The van der Waals surface area contributed by atoms with Crippen molar-refractivity contribution in [2.75, 3.05) is 5.32 Å². The Labute approximate surface area is 162 Å². The molecule has 142 valence electrons. The number of benzene rings is 1. The molecule has 8 heteroatoms. The molecule has 0 aliphatic heterocycles. The van der Waals surface area contributed by atoms with Crippen LogP contribution in [0, 0.1) is 5.92 Å². The van der Waals surface area contributed by atoms with E-state index in [1.165, 1.54) is 29.0 Å². The third-order valence-electron chi connectivity index (χ3n) is 5.15. The molecule has 0 saturated heterocycles. The summed E-state index contributed by atoms with van der Waals surface area (Å²) in [6.45, 7) is 4.33. The van der Waals surface area contributed by atoms with Crippen LogP contribution in [0.25, 0.3) is 10.2 Å². The molecule has 0 amide bonds. The summed E-state index contributed by atoms with van der Waals surface area (Å²) in [5, 5.41) is 9.79. The molecule has 1 aliphatic rings. The van der Waals surface area contributed by atoms with Crippen LogP contribution < -0.4 is 10.5 Å². The summed E-state index contributed by atoms with van der Waals surface area (Å²) in [5.41, 5.74) is 2.35. The molecule has 0 radical (unpaired) electrons. The molecular formula is C19H22N4O2S2. The molecule has 2 heterocycles. The van der Waals surface area contributed by atoms with Crippen LogP contribution in [0.3, 0.4) is 0 Å². The normalized spacial score (nSPS) is 18.3. The van der Waals surface area contributed by atoms with E-state index in [4.69, 9.17) is 5.14 Å². The third-order valence-corrected chi connectivity index (χ3v) is 7.25. The van der Waals surface area contributed by atoms with Crippen molar-refractivity contribution in [3.63, 3.8) is 0 Å². The van der Waals surface area contributed by atoms with Gasteiger partial charge >= 0.3 is 0 Å². The molecule has 0 unspecified atom stereocenters. The highest BCUT2D eigenvalue weighted by Crippen LogP contribution is 2.40. The molecule has 0 bridgehead atoms. The van der Waals surface area contributed by atoms with Gasteiger partial charge in [-0.15, -0.1) is 11.3 Å². The smallest absolute Gasteiger partial charge is 0.238 e. The number of sulfonamides is 1. The van der Waals surface area contributed by atoms with Crippen molar-refractivity contribution < 1.29 is 8.42 Å². The molecule has 1 aliphatic carbocycles. The summed E-state index contributed by atoms with van der Waals surface area (Å²) in [6, 6.07) is 6.59. The summed E-state index contributed by atoms with van der Waals surface area (Å²) in [6.07, 6.45) is 4.97. The highest BCUT2D eigenvalue weighted by atomic mass is 32.2. The maximum atomic E-state index is 11.4. The van der Waals surface area contributed by atoms with Gasteiger partial charge in [0.25, 0.3) is 0 Å². The van der Waals surface area contributed by atoms with Gasteiger partial charge < -0.3 is 5.32 Å². The number of hydrogen-bond donors (Lipinski definition) is 2. The van der Waals surface area contributed by atoms with Gasteiger partial charge in [0, 0.05) is 10.9 Å². The van der Waals surface area contributed by atoms with E-state index < -0.39 is 10.0 Å². The standard InChI is InChI=1S/C19H22N4O2S2/c1-11-3-8-15-16(9-11)26-19-17(15)18(21-10-22-19)23-12(2)13-4-6-14(7-5-13)27(20,24)25/h4-7,10-12H,3,8-9H2,1-2H3,(H2,20,24,25)(H,21,22,23)/t11-,12+/m0/s1. The minimum atomic E-state index is -3.68. The Morgan fingerprint density at radius 1 is 1.26 bits per heavy atom. The lowest BCUT2D eigenvalue weighted by Gasteiger charge is -2.19. The highest BCUT2D eigenvalue weighted by Gasteiger charge is 2.23. The number of thiophene rings is 1. The van der Waals surface area contributed by atoms with Crippen molar-refractivity contribution in [1.29, 1.82) is 0 Å². The van der Waals surface area contributed by atoms with Gasteiger partial charge in [-0.2, -0.15) is 0 Å². The first kappa shape index (κ1) is 18.3. The van der Waals surface area contributed by atoms with Gasteiger partial charge in [-0.3, -0.25) is 0 Å². The lowest BCUT2D eigenvalue weighted by atomic mass is 9.89. The first-order valence-electron chi connectivity index (χ1n) is 8.97. The third kappa shape index (κ3) is 3.56. The predicted molar refractivity (Wildman–Crippen MR) is 108 cm³/mol. The number of primary sulfonamides is 1. The van der Waals surface area contributed by atoms with Crippen molar-refractivity contribution in [1.82, 2.24) is 9.97 Å². The van der Waals surface area contributed by atoms with E-state index in [0.29, 0.717) is 5.92 Å². The van der Waals surface area contributed by atoms with E-state index in [9.17, 15) is 8.42 Å². The number of nitrogens with one attached hydrogen (secondary N) is 1. The van der Waals surface area contributed by atoms with E-state index in [1.54, 1.807) is 29.8 Å². The number of aromatic nitrogens is 2. The number of anilines is 1. The van der Waals surface area contributed by atoms with Crippen molar-refractivity contribution in [2.24, 2.45) is 11.1 Å². The van der Waals surface area contributed by atoms with Crippen LogP contribution in [0.5, 0.6) is 0 Å². The van der Waals surface area contributed by atoms with E-state index in [0.717, 1.165) is 34.4 Å². The molecular weight excluding hydrogens is 380 g/mol. The Kier molecular flexibility index (Phi) is 4.65. The fraction of sp³-hybridized carbons (Fsp3) is 0.368. The van der Waals surface area contributed by atoms with Crippen LogP contribution in [0.1, 0.15) is 42.3 Å². The van der Waals surface area contributed by atoms with Gasteiger partial charge in [0.2, 0.25) is 10.0 Å². The van der Waals surface area contributed by atoms with E-state index in [2.05, 4.69) is 22.2 Å². The van der Waals surface area contributed by atoms with Crippen molar-refractivity contribution in [3.8, 4) is 0 Å². The molecule has 4 rings (SSSR count). The fourth-order valence-electron chi connectivity index (χ4n) is 3.62. The SMILES string of the molecule is C[C@H]1CCc2c(sc3ncnc(N[C@H](C)c4ccc(S(N)(=O)=O)cc4)c23)C1. The van der Waals surface area contributed by atoms with Crippen molar-refractivity contribution in [3.05, 3.63) is 46.6 Å². The van der Waals surface area contributed by atoms with Crippen LogP contribution in [-0.4, -0.2) is 18.4 Å². The molecule has 2 aromatic heterocycles. The second kappa shape index (κ2) is 6.85. The molecule has 0 fully saturated rings. The van der Waals surface area contributed by atoms with Crippen LogP contribution in [0.15, 0.2) is 35.5 Å². The highest BCUT2D eigenvalue weighted by molar-refractivity contribution is 7.89. The first-order chi connectivity index (χ1) is 12.8. The largest absolute Gasteiger partial charge is 0.363 e. The zero-order valence-corrected chi connectivity index (χ0v) is 16.9. The van der Waals surface area contributed by atoms with Crippen molar-refractivity contribution in [2.45, 2.75) is 44.0 Å². The predicted octanol–water partition coefficient (Wildman–Crippen LogP) is 3.64. The molecule has 0 saturated carbocycles. The molecule has 3 N–H and O–H groups in total. The van der Waals surface area contributed by atoms with Crippen LogP contribution in [0.4, 0.5) is 5.82 Å². The molecule has 27 heavy (non-hydrogen) atoms. The average molecular weight is 403 g/mol. The Bertz CT molecular complexity index is 1090. The van der Waals surface area contributed by atoms with Gasteiger partial charge in [0.1, 0.15) is 17.0 Å². The topological polar surface area (TPSA) is 98.0 Å². The second-order valence-corrected chi connectivity index (χ2v) is 9.88. The second-order valence-electron chi connectivity index (χ2n) is 7.23. The quantitative estimate of drug-likeness (QED) is 0.694. The molecule has 0 spiro atoms.